The standard InChI is InChI=1S/C20H18N4O/c1-15-11-19(22-24(15)18-9-4-3-5-10-18)20(25)23(2)14-17-8-6-7-16(12-17)13-21/h3-12H,14H2,1-2H3. The Bertz CT molecular complexity index is 938. The Morgan fingerprint density at radius 3 is 2.64 bits per heavy atom. The fourth-order valence-electron chi connectivity index (χ4n) is 2.69. The molecule has 1 heterocycles. The third-order valence-corrected chi connectivity index (χ3v) is 3.93. The van der Waals surface area contributed by atoms with Crippen LogP contribution in [0.25, 0.3) is 5.69 Å². The average Bonchev–Trinajstić information content (AvgIpc) is 3.03. The van der Waals surface area contributed by atoms with E-state index in [4.69, 9.17) is 5.26 Å². The molecule has 2 aromatic carbocycles. The van der Waals surface area contributed by atoms with Gasteiger partial charge in [0.1, 0.15) is 0 Å². The van der Waals surface area contributed by atoms with Crippen LogP contribution in [0.5, 0.6) is 0 Å². The van der Waals surface area contributed by atoms with Gasteiger partial charge in [0.25, 0.3) is 5.91 Å². The third kappa shape index (κ3) is 3.59. The number of benzene rings is 2. The van der Waals surface area contributed by atoms with E-state index in [-0.39, 0.29) is 5.91 Å². The van der Waals surface area contributed by atoms with Gasteiger partial charge in [0.15, 0.2) is 5.69 Å². The summed E-state index contributed by atoms with van der Waals surface area (Å²) in [5, 5.41) is 13.4. The van der Waals surface area contributed by atoms with Gasteiger partial charge in [-0.15, -0.1) is 0 Å². The van der Waals surface area contributed by atoms with E-state index in [1.807, 2.05) is 49.4 Å². The molecule has 0 bridgehead atoms. The lowest BCUT2D eigenvalue weighted by molar-refractivity contribution is 0.0779. The van der Waals surface area contributed by atoms with E-state index in [9.17, 15) is 4.79 Å². The van der Waals surface area contributed by atoms with Gasteiger partial charge in [-0.25, -0.2) is 4.68 Å². The minimum atomic E-state index is -0.153. The molecule has 0 aliphatic rings. The molecule has 1 aromatic heterocycles. The normalized spacial score (nSPS) is 10.3. The van der Waals surface area contributed by atoms with Crippen LogP contribution in [-0.4, -0.2) is 27.6 Å². The molecule has 1 amide bonds. The number of carbonyl (C=O) groups excluding carboxylic acids is 1. The zero-order valence-corrected chi connectivity index (χ0v) is 14.2. The molecule has 124 valence electrons. The first-order valence-corrected chi connectivity index (χ1v) is 7.95. The van der Waals surface area contributed by atoms with Crippen LogP contribution in [0.1, 0.15) is 27.3 Å². The van der Waals surface area contributed by atoms with Gasteiger partial charge in [-0.3, -0.25) is 4.79 Å². The molecule has 0 aliphatic carbocycles. The number of para-hydroxylation sites is 1. The highest BCUT2D eigenvalue weighted by Crippen LogP contribution is 2.14. The summed E-state index contributed by atoms with van der Waals surface area (Å²) in [4.78, 5) is 14.3. The summed E-state index contributed by atoms with van der Waals surface area (Å²) >= 11 is 0. The number of hydrogen-bond donors (Lipinski definition) is 0. The monoisotopic (exact) mass is 330 g/mol. The summed E-state index contributed by atoms with van der Waals surface area (Å²) < 4.78 is 1.76. The van der Waals surface area contributed by atoms with Crippen LogP contribution in [0.15, 0.2) is 60.7 Å². The van der Waals surface area contributed by atoms with E-state index >= 15 is 0 Å². The largest absolute Gasteiger partial charge is 0.336 e. The van der Waals surface area contributed by atoms with Crippen molar-refractivity contribution in [3.63, 3.8) is 0 Å². The third-order valence-electron chi connectivity index (χ3n) is 3.93. The van der Waals surface area contributed by atoms with Crippen LogP contribution in [-0.2, 0) is 6.54 Å². The molecule has 5 nitrogen and oxygen atoms in total. The summed E-state index contributed by atoms with van der Waals surface area (Å²) in [6.45, 7) is 2.35. The van der Waals surface area contributed by atoms with Gasteiger partial charge < -0.3 is 4.90 Å². The highest BCUT2D eigenvalue weighted by molar-refractivity contribution is 5.92. The minimum absolute atomic E-state index is 0.153. The van der Waals surface area contributed by atoms with Gasteiger partial charge in [0, 0.05) is 19.3 Å². The van der Waals surface area contributed by atoms with Crippen LogP contribution < -0.4 is 0 Å². The molecular weight excluding hydrogens is 312 g/mol. The molecule has 0 radical (unpaired) electrons. The Morgan fingerprint density at radius 1 is 1.16 bits per heavy atom. The second-order valence-corrected chi connectivity index (χ2v) is 5.89. The van der Waals surface area contributed by atoms with Crippen molar-refractivity contribution in [2.75, 3.05) is 7.05 Å². The number of nitriles is 1. The van der Waals surface area contributed by atoms with E-state index < -0.39 is 0 Å². The van der Waals surface area contributed by atoms with Crippen molar-refractivity contribution in [3.05, 3.63) is 83.2 Å². The maximum atomic E-state index is 12.7. The van der Waals surface area contributed by atoms with Gasteiger partial charge in [-0.05, 0) is 42.8 Å². The molecule has 3 rings (SSSR count). The maximum Gasteiger partial charge on any atom is 0.274 e. The summed E-state index contributed by atoms with van der Waals surface area (Å²) in [5.41, 5.74) is 3.72. The molecule has 0 saturated carbocycles. The first-order valence-electron chi connectivity index (χ1n) is 7.95. The highest BCUT2D eigenvalue weighted by atomic mass is 16.2. The molecule has 0 saturated heterocycles. The zero-order chi connectivity index (χ0) is 17.8. The molecular formula is C20H18N4O. The number of rotatable bonds is 4. The molecule has 0 fully saturated rings. The van der Waals surface area contributed by atoms with E-state index in [2.05, 4.69) is 11.2 Å². The number of hydrogen-bond acceptors (Lipinski definition) is 3. The Hall–Kier alpha value is -3.39. The quantitative estimate of drug-likeness (QED) is 0.737. The SMILES string of the molecule is Cc1cc(C(=O)N(C)Cc2cccc(C#N)c2)nn1-c1ccccc1. The summed E-state index contributed by atoms with van der Waals surface area (Å²) in [7, 11) is 1.73. The fourth-order valence-corrected chi connectivity index (χ4v) is 2.69. The van der Waals surface area contributed by atoms with Crippen molar-refractivity contribution in [1.82, 2.24) is 14.7 Å². The average molecular weight is 330 g/mol. The number of amides is 1. The van der Waals surface area contributed by atoms with Crippen molar-refractivity contribution in [2.45, 2.75) is 13.5 Å². The molecule has 5 heteroatoms. The van der Waals surface area contributed by atoms with Crippen molar-refractivity contribution in [3.8, 4) is 11.8 Å². The molecule has 0 atom stereocenters. The lowest BCUT2D eigenvalue weighted by Gasteiger charge is -2.16. The second kappa shape index (κ2) is 7.02. The second-order valence-electron chi connectivity index (χ2n) is 5.89. The smallest absolute Gasteiger partial charge is 0.274 e. The molecule has 3 aromatic rings. The van der Waals surface area contributed by atoms with E-state index in [1.54, 1.807) is 34.8 Å². The first kappa shape index (κ1) is 16.5. The van der Waals surface area contributed by atoms with Crippen LogP contribution in [0.2, 0.25) is 0 Å². The summed E-state index contributed by atoms with van der Waals surface area (Å²) in [5.74, 6) is -0.153. The lowest BCUT2D eigenvalue weighted by atomic mass is 10.1. The molecule has 25 heavy (non-hydrogen) atoms. The van der Waals surface area contributed by atoms with Crippen molar-refractivity contribution in [1.29, 1.82) is 5.26 Å². The number of aryl methyl sites for hydroxylation is 1. The zero-order valence-electron chi connectivity index (χ0n) is 14.2. The summed E-state index contributed by atoms with van der Waals surface area (Å²) in [6, 6.07) is 20.9. The maximum absolute atomic E-state index is 12.7. The number of nitrogens with zero attached hydrogens (tertiary/aromatic N) is 4. The van der Waals surface area contributed by atoms with Gasteiger partial charge in [0.2, 0.25) is 0 Å². The minimum Gasteiger partial charge on any atom is -0.336 e. The van der Waals surface area contributed by atoms with Gasteiger partial charge in [-0.1, -0.05) is 30.3 Å². The molecule has 0 unspecified atom stereocenters. The lowest BCUT2D eigenvalue weighted by Crippen LogP contribution is -2.26. The summed E-state index contributed by atoms with van der Waals surface area (Å²) in [6.07, 6.45) is 0. The Kier molecular flexibility index (Phi) is 4.62. The van der Waals surface area contributed by atoms with Crippen LogP contribution in [0, 0.1) is 18.3 Å². The molecule has 0 N–H and O–H groups in total. The fraction of sp³-hybridized carbons (Fsp3) is 0.150. The Labute approximate surface area is 146 Å². The predicted octanol–water partition coefficient (Wildman–Crippen LogP) is 3.32. The molecule has 0 aliphatic heterocycles. The van der Waals surface area contributed by atoms with E-state index in [1.165, 1.54) is 0 Å². The first-order chi connectivity index (χ1) is 12.1. The van der Waals surface area contributed by atoms with E-state index in [0.29, 0.717) is 17.8 Å². The number of carbonyl (C=O) groups is 1. The topological polar surface area (TPSA) is 61.9 Å². The van der Waals surface area contributed by atoms with Crippen LogP contribution in [0.4, 0.5) is 0 Å². The molecule has 0 spiro atoms. The highest BCUT2D eigenvalue weighted by Gasteiger charge is 2.17. The Morgan fingerprint density at radius 2 is 1.92 bits per heavy atom. The van der Waals surface area contributed by atoms with Crippen LogP contribution >= 0.6 is 0 Å². The Balaban J connectivity index is 1.80. The van der Waals surface area contributed by atoms with Crippen molar-refractivity contribution >= 4 is 5.91 Å². The van der Waals surface area contributed by atoms with E-state index in [0.717, 1.165) is 16.9 Å². The van der Waals surface area contributed by atoms with Crippen molar-refractivity contribution < 1.29 is 4.79 Å². The van der Waals surface area contributed by atoms with Gasteiger partial charge >= 0.3 is 0 Å². The predicted molar refractivity (Wildman–Crippen MR) is 95.3 cm³/mol. The number of aromatic nitrogens is 2. The van der Waals surface area contributed by atoms with Gasteiger partial charge in [0.05, 0.1) is 17.3 Å². The van der Waals surface area contributed by atoms with Crippen LogP contribution in [0.3, 0.4) is 0 Å². The van der Waals surface area contributed by atoms with Crippen molar-refractivity contribution in [2.24, 2.45) is 0 Å². The van der Waals surface area contributed by atoms with Gasteiger partial charge in [-0.2, -0.15) is 10.4 Å².